The minimum absolute atomic E-state index is 0.270. The highest BCUT2D eigenvalue weighted by atomic mass is 16.6. The summed E-state index contributed by atoms with van der Waals surface area (Å²) in [6, 6.07) is 6.97. The molecule has 2 N–H and O–H groups in total. The fraction of sp³-hybridized carbons (Fsp3) is 0.529. The Hall–Kier alpha value is -2.24. The number of amides is 2. The summed E-state index contributed by atoms with van der Waals surface area (Å²) in [5.41, 5.74) is 6.45. The molecule has 1 heterocycles. The molecule has 126 valence electrons. The van der Waals surface area contributed by atoms with Crippen molar-refractivity contribution in [1.82, 2.24) is 4.90 Å². The number of primary amides is 1. The number of benzene rings is 1. The molecule has 0 aromatic heterocycles. The summed E-state index contributed by atoms with van der Waals surface area (Å²) in [7, 11) is 1.59. The normalized spacial score (nSPS) is 19.0. The zero-order chi connectivity index (χ0) is 16.8. The third kappa shape index (κ3) is 3.94. The standard InChI is InChI=1S/C17H24N2O4/c1-3-23-17(21)19-11-5-4-6-14(19)15(16(18)20)12-7-9-13(22-2)10-8-12/h7-10,14-15H,3-6,11H2,1-2H3,(H2,18,20). The maximum Gasteiger partial charge on any atom is 0.410 e. The maximum atomic E-state index is 12.2. The predicted molar refractivity (Wildman–Crippen MR) is 86.3 cm³/mol. The van der Waals surface area contributed by atoms with Gasteiger partial charge in [-0.25, -0.2) is 4.79 Å². The summed E-state index contributed by atoms with van der Waals surface area (Å²) in [6.45, 7) is 2.67. The third-order valence-electron chi connectivity index (χ3n) is 4.22. The average Bonchev–Trinajstić information content (AvgIpc) is 2.56. The van der Waals surface area contributed by atoms with E-state index >= 15 is 0 Å². The van der Waals surface area contributed by atoms with Crippen LogP contribution in [0.4, 0.5) is 4.79 Å². The molecular formula is C17H24N2O4. The number of ether oxygens (including phenoxy) is 2. The van der Waals surface area contributed by atoms with Crippen molar-refractivity contribution in [2.75, 3.05) is 20.3 Å². The molecule has 0 saturated carbocycles. The van der Waals surface area contributed by atoms with E-state index < -0.39 is 11.8 Å². The van der Waals surface area contributed by atoms with Gasteiger partial charge in [0.05, 0.1) is 25.7 Å². The number of rotatable bonds is 5. The van der Waals surface area contributed by atoms with Gasteiger partial charge in [0, 0.05) is 6.54 Å². The van der Waals surface area contributed by atoms with Crippen molar-refractivity contribution in [2.45, 2.75) is 38.1 Å². The van der Waals surface area contributed by atoms with E-state index in [2.05, 4.69) is 0 Å². The topological polar surface area (TPSA) is 81.9 Å². The monoisotopic (exact) mass is 320 g/mol. The molecule has 2 unspecified atom stereocenters. The summed E-state index contributed by atoms with van der Waals surface area (Å²) in [5, 5.41) is 0. The molecule has 2 rings (SSSR count). The van der Waals surface area contributed by atoms with Gasteiger partial charge in [-0.2, -0.15) is 0 Å². The van der Waals surface area contributed by atoms with Crippen molar-refractivity contribution in [2.24, 2.45) is 5.73 Å². The van der Waals surface area contributed by atoms with Crippen molar-refractivity contribution in [3.05, 3.63) is 29.8 Å². The summed E-state index contributed by atoms with van der Waals surface area (Å²) in [5.74, 6) is -0.273. The van der Waals surface area contributed by atoms with Crippen LogP contribution in [-0.4, -0.2) is 43.2 Å². The zero-order valence-electron chi connectivity index (χ0n) is 13.7. The van der Waals surface area contributed by atoms with E-state index in [-0.39, 0.29) is 12.1 Å². The molecule has 6 heteroatoms. The Morgan fingerprint density at radius 2 is 2.00 bits per heavy atom. The largest absolute Gasteiger partial charge is 0.497 e. The van der Waals surface area contributed by atoms with Crippen LogP contribution in [0, 0.1) is 0 Å². The molecule has 1 aromatic carbocycles. The molecule has 23 heavy (non-hydrogen) atoms. The highest BCUT2D eigenvalue weighted by molar-refractivity contribution is 5.84. The first kappa shape index (κ1) is 17.1. The van der Waals surface area contributed by atoms with Crippen LogP contribution in [0.25, 0.3) is 0 Å². The van der Waals surface area contributed by atoms with Crippen LogP contribution >= 0.6 is 0 Å². The van der Waals surface area contributed by atoms with Gasteiger partial charge in [0.2, 0.25) is 5.91 Å². The van der Waals surface area contributed by atoms with Gasteiger partial charge < -0.3 is 20.1 Å². The number of hydrogen-bond acceptors (Lipinski definition) is 4. The molecule has 1 saturated heterocycles. The number of carbonyl (C=O) groups is 2. The molecule has 2 amide bonds. The van der Waals surface area contributed by atoms with Crippen LogP contribution in [0.15, 0.2) is 24.3 Å². The van der Waals surface area contributed by atoms with Crippen molar-refractivity contribution in [3.63, 3.8) is 0 Å². The quantitative estimate of drug-likeness (QED) is 0.902. The molecule has 1 aliphatic heterocycles. The number of methoxy groups -OCH3 is 1. The first-order valence-electron chi connectivity index (χ1n) is 7.95. The molecule has 1 aliphatic rings. The summed E-state index contributed by atoms with van der Waals surface area (Å²) >= 11 is 0. The molecule has 0 bridgehead atoms. The molecule has 0 radical (unpaired) electrons. The van der Waals surface area contributed by atoms with Crippen molar-refractivity contribution < 1.29 is 19.1 Å². The number of likely N-dealkylation sites (tertiary alicyclic amines) is 1. The molecular weight excluding hydrogens is 296 g/mol. The smallest absolute Gasteiger partial charge is 0.410 e. The summed E-state index contributed by atoms with van der Waals surface area (Å²) in [6.07, 6.45) is 2.22. The van der Waals surface area contributed by atoms with Gasteiger partial charge in [0.1, 0.15) is 5.75 Å². The number of carbonyl (C=O) groups excluding carboxylic acids is 2. The molecule has 1 aromatic rings. The van der Waals surface area contributed by atoms with Crippen LogP contribution in [0.5, 0.6) is 5.75 Å². The SMILES string of the molecule is CCOC(=O)N1CCCCC1C(C(N)=O)c1ccc(OC)cc1. The predicted octanol–water partition coefficient (Wildman–Crippen LogP) is 2.28. The second-order valence-electron chi connectivity index (χ2n) is 5.61. The Balaban J connectivity index is 2.29. The van der Waals surface area contributed by atoms with E-state index in [4.69, 9.17) is 15.2 Å². The average molecular weight is 320 g/mol. The van der Waals surface area contributed by atoms with Gasteiger partial charge in [0.25, 0.3) is 0 Å². The van der Waals surface area contributed by atoms with E-state index in [1.54, 1.807) is 31.1 Å². The van der Waals surface area contributed by atoms with Crippen LogP contribution < -0.4 is 10.5 Å². The van der Waals surface area contributed by atoms with Crippen molar-refractivity contribution in [3.8, 4) is 5.75 Å². The fourth-order valence-electron chi connectivity index (χ4n) is 3.12. The van der Waals surface area contributed by atoms with Gasteiger partial charge in [-0.05, 0) is 43.9 Å². The Morgan fingerprint density at radius 3 is 2.57 bits per heavy atom. The minimum atomic E-state index is -0.550. The van der Waals surface area contributed by atoms with Crippen LogP contribution in [0.1, 0.15) is 37.7 Å². The molecule has 1 fully saturated rings. The zero-order valence-corrected chi connectivity index (χ0v) is 13.7. The summed E-state index contributed by atoms with van der Waals surface area (Å²) < 4.78 is 10.3. The first-order valence-corrected chi connectivity index (χ1v) is 7.95. The van der Waals surface area contributed by atoms with Gasteiger partial charge >= 0.3 is 6.09 Å². The Kier molecular flexibility index (Phi) is 5.84. The minimum Gasteiger partial charge on any atom is -0.497 e. The lowest BCUT2D eigenvalue weighted by Gasteiger charge is -2.38. The van der Waals surface area contributed by atoms with Crippen LogP contribution in [-0.2, 0) is 9.53 Å². The molecule has 2 atom stereocenters. The van der Waals surface area contributed by atoms with E-state index in [9.17, 15) is 9.59 Å². The Morgan fingerprint density at radius 1 is 1.30 bits per heavy atom. The van der Waals surface area contributed by atoms with Crippen molar-refractivity contribution >= 4 is 12.0 Å². The number of piperidine rings is 1. The Bertz CT molecular complexity index is 544. The maximum absolute atomic E-state index is 12.2. The highest BCUT2D eigenvalue weighted by Crippen LogP contribution is 2.31. The lowest BCUT2D eigenvalue weighted by atomic mass is 9.85. The fourth-order valence-corrected chi connectivity index (χ4v) is 3.12. The van der Waals surface area contributed by atoms with E-state index in [1.165, 1.54) is 0 Å². The molecule has 0 spiro atoms. The molecule has 0 aliphatic carbocycles. The number of nitrogens with two attached hydrogens (primary N) is 1. The lowest BCUT2D eigenvalue weighted by Crippen LogP contribution is -2.50. The number of nitrogens with zero attached hydrogens (tertiary/aromatic N) is 1. The third-order valence-corrected chi connectivity index (χ3v) is 4.22. The molecule has 6 nitrogen and oxygen atoms in total. The van der Waals surface area contributed by atoms with Crippen molar-refractivity contribution in [1.29, 1.82) is 0 Å². The van der Waals surface area contributed by atoms with E-state index in [0.29, 0.717) is 18.9 Å². The van der Waals surface area contributed by atoms with E-state index in [0.717, 1.165) is 24.8 Å². The van der Waals surface area contributed by atoms with Gasteiger partial charge in [0.15, 0.2) is 0 Å². The second kappa shape index (κ2) is 7.85. The van der Waals surface area contributed by atoms with Crippen LogP contribution in [0.2, 0.25) is 0 Å². The Labute approximate surface area is 136 Å². The lowest BCUT2D eigenvalue weighted by molar-refractivity contribution is -0.121. The second-order valence-corrected chi connectivity index (χ2v) is 5.61. The van der Waals surface area contributed by atoms with Gasteiger partial charge in [-0.15, -0.1) is 0 Å². The summed E-state index contributed by atoms with van der Waals surface area (Å²) in [4.78, 5) is 25.9. The van der Waals surface area contributed by atoms with Gasteiger partial charge in [-0.1, -0.05) is 12.1 Å². The first-order chi connectivity index (χ1) is 11.1. The van der Waals surface area contributed by atoms with Gasteiger partial charge in [-0.3, -0.25) is 4.79 Å². The van der Waals surface area contributed by atoms with Crippen LogP contribution in [0.3, 0.4) is 0 Å². The van der Waals surface area contributed by atoms with E-state index in [1.807, 2.05) is 12.1 Å². The highest BCUT2D eigenvalue weighted by Gasteiger charge is 2.37. The number of hydrogen-bond donors (Lipinski definition) is 1.